The van der Waals surface area contributed by atoms with Crippen molar-refractivity contribution >= 4 is 24.0 Å². The van der Waals surface area contributed by atoms with E-state index in [2.05, 4.69) is 30.5 Å². The lowest BCUT2D eigenvalue weighted by Crippen LogP contribution is -2.30. The lowest BCUT2D eigenvalue weighted by atomic mass is 9.95. The second-order valence-electron chi connectivity index (χ2n) is 7.47. The SMILES string of the molecule is Cc1nc(C(C)(C)C)[nH]c(=O)c1C(=O)Nc1ccc(-c2n[nH]c(CN)n2)cc1.Cl. The third kappa shape index (κ3) is 4.87. The topological polar surface area (TPSA) is 142 Å². The van der Waals surface area contributed by atoms with Gasteiger partial charge in [0.1, 0.15) is 17.2 Å². The first kappa shape index (κ1) is 22.3. The molecule has 154 valence electrons. The van der Waals surface area contributed by atoms with Gasteiger partial charge in [-0.15, -0.1) is 12.4 Å². The van der Waals surface area contributed by atoms with Gasteiger partial charge in [0.2, 0.25) is 0 Å². The van der Waals surface area contributed by atoms with E-state index in [-0.39, 0.29) is 29.9 Å². The molecule has 10 heteroatoms. The minimum atomic E-state index is -0.511. The summed E-state index contributed by atoms with van der Waals surface area (Å²) >= 11 is 0. The van der Waals surface area contributed by atoms with Crippen molar-refractivity contribution in [1.29, 1.82) is 0 Å². The molecule has 0 aliphatic rings. The fourth-order valence-electron chi connectivity index (χ4n) is 2.62. The Morgan fingerprint density at radius 1 is 1.17 bits per heavy atom. The molecule has 1 aromatic carbocycles. The molecule has 0 unspecified atom stereocenters. The van der Waals surface area contributed by atoms with E-state index in [9.17, 15) is 9.59 Å². The van der Waals surface area contributed by atoms with Crippen LogP contribution in [-0.4, -0.2) is 31.1 Å². The van der Waals surface area contributed by atoms with Crippen molar-refractivity contribution in [3.05, 3.63) is 57.5 Å². The van der Waals surface area contributed by atoms with Crippen LogP contribution >= 0.6 is 12.4 Å². The summed E-state index contributed by atoms with van der Waals surface area (Å²) in [6, 6.07) is 6.98. The Labute approximate surface area is 174 Å². The number of benzene rings is 1. The molecule has 5 N–H and O–H groups in total. The van der Waals surface area contributed by atoms with Crippen LogP contribution in [0.2, 0.25) is 0 Å². The van der Waals surface area contributed by atoms with Crippen molar-refractivity contribution in [3.8, 4) is 11.4 Å². The Morgan fingerprint density at radius 3 is 2.34 bits per heavy atom. The van der Waals surface area contributed by atoms with Crippen molar-refractivity contribution in [2.24, 2.45) is 5.73 Å². The van der Waals surface area contributed by atoms with Gasteiger partial charge in [-0.3, -0.25) is 14.7 Å². The van der Waals surface area contributed by atoms with Crippen molar-refractivity contribution in [3.63, 3.8) is 0 Å². The quantitative estimate of drug-likeness (QED) is 0.513. The minimum Gasteiger partial charge on any atom is -0.324 e. The summed E-state index contributed by atoms with van der Waals surface area (Å²) in [6.45, 7) is 7.75. The smallest absolute Gasteiger partial charge is 0.264 e. The highest BCUT2D eigenvalue weighted by Crippen LogP contribution is 2.20. The third-order valence-corrected chi connectivity index (χ3v) is 4.16. The predicted octanol–water partition coefficient (Wildman–Crippen LogP) is 2.29. The number of nitrogens with one attached hydrogen (secondary N) is 3. The molecule has 3 rings (SSSR count). The van der Waals surface area contributed by atoms with Gasteiger partial charge in [-0.1, -0.05) is 20.8 Å². The number of H-pyrrole nitrogens is 2. The summed E-state index contributed by atoms with van der Waals surface area (Å²) in [6.07, 6.45) is 0. The van der Waals surface area contributed by atoms with E-state index in [4.69, 9.17) is 5.73 Å². The van der Waals surface area contributed by atoms with Crippen LogP contribution in [0.25, 0.3) is 11.4 Å². The zero-order chi connectivity index (χ0) is 20.5. The minimum absolute atomic E-state index is 0. The molecule has 2 aromatic heterocycles. The summed E-state index contributed by atoms with van der Waals surface area (Å²) in [5.41, 5.74) is 6.45. The maximum Gasteiger partial charge on any atom is 0.264 e. The summed E-state index contributed by atoms with van der Waals surface area (Å²) in [7, 11) is 0. The first-order chi connectivity index (χ1) is 13.2. The second kappa shape index (κ2) is 8.54. The van der Waals surface area contributed by atoms with E-state index in [0.29, 0.717) is 28.9 Å². The monoisotopic (exact) mass is 417 g/mol. The van der Waals surface area contributed by atoms with E-state index in [1.165, 1.54) is 0 Å². The maximum atomic E-state index is 12.6. The Balaban J connectivity index is 0.00000300. The fraction of sp³-hybridized carbons (Fsp3) is 0.316. The standard InChI is InChI=1S/C19H23N7O2.ClH/c1-10-14(17(28)24-18(21-10)19(2,3)4)16(27)22-12-7-5-11(6-8-12)15-23-13(9-20)25-26-15;/h5-8H,9,20H2,1-4H3,(H,22,27)(H,21,24,28)(H,23,25,26);1H. The predicted molar refractivity (Wildman–Crippen MR) is 113 cm³/mol. The van der Waals surface area contributed by atoms with Crippen LogP contribution in [0.15, 0.2) is 29.1 Å². The molecule has 3 aromatic rings. The molecule has 0 atom stereocenters. The lowest BCUT2D eigenvalue weighted by molar-refractivity contribution is 0.102. The number of rotatable bonds is 4. The van der Waals surface area contributed by atoms with Gasteiger partial charge in [-0.25, -0.2) is 9.97 Å². The van der Waals surface area contributed by atoms with E-state index in [1.54, 1.807) is 31.2 Å². The molecular formula is C19H24ClN7O2. The number of aromatic amines is 2. The number of carbonyl (C=O) groups is 1. The number of nitrogens with two attached hydrogens (primary N) is 1. The van der Waals surface area contributed by atoms with Crippen molar-refractivity contribution in [2.45, 2.75) is 39.7 Å². The van der Waals surface area contributed by atoms with Crippen molar-refractivity contribution < 1.29 is 4.79 Å². The summed E-state index contributed by atoms with van der Waals surface area (Å²) in [5, 5.41) is 9.56. The number of amides is 1. The van der Waals surface area contributed by atoms with Crippen LogP contribution in [0.5, 0.6) is 0 Å². The van der Waals surface area contributed by atoms with Crippen LogP contribution in [-0.2, 0) is 12.0 Å². The van der Waals surface area contributed by atoms with E-state index in [1.807, 2.05) is 20.8 Å². The highest BCUT2D eigenvalue weighted by molar-refractivity contribution is 6.04. The van der Waals surface area contributed by atoms with Gasteiger partial charge in [0.05, 0.1) is 12.2 Å². The largest absolute Gasteiger partial charge is 0.324 e. The number of hydrogen-bond donors (Lipinski definition) is 4. The number of halogens is 1. The van der Waals surface area contributed by atoms with Crippen LogP contribution < -0.4 is 16.6 Å². The molecule has 9 nitrogen and oxygen atoms in total. The number of anilines is 1. The van der Waals surface area contributed by atoms with Gasteiger partial charge in [0.25, 0.3) is 11.5 Å². The van der Waals surface area contributed by atoms with E-state index in [0.717, 1.165) is 5.56 Å². The number of aryl methyl sites for hydroxylation is 1. The molecule has 2 heterocycles. The molecule has 0 spiro atoms. The van der Waals surface area contributed by atoms with Crippen LogP contribution in [0.3, 0.4) is 0 Å². The highest BCUT2D eigenvalue weighted by Gasteiger charge is 2.22. The van der Waals surface area contributed by atoms with Gasteiger partial charge in [-0.05, 0) is 31.2 Å². The number of aromatic nitrogens is 5. The Morgan fingerprint density at radius 2 is 1.83 bits per heavy atom. The molecule has 0 fully saturated rings. The van der Waals surface area contributed by atoms with Crippen molar-refractivity contribution in [1.82, 2.24) is 25.1 Å². The zero-order valence-electron chi connectivity index (χ0n) is 16.7. The Hall–Kier alpha value is -3.04. The molecule has 29 heavy (non-hydrogen) atoms. The van der Waals surface area contributed by atoms with Crippen LogP contribution in [0.1, 0.15) is 48.5 Å². The summed E-state index contributed by atoms with van der Waals surface area (Å²) in [4.78, 5) is 36.4. The number of nitrogens with zero attached hydrogens (tertiary/aromatic N) is 3. The van der Waals surface area contributed by atoms with Gasteiger partial charge in [0.15, 0.2) is 5.82 Å². The second-order valence-corrected chi connectivity index (χ2v) is 7.47. The molecule has 0 radical (unpaired) electrons. The fourth-order valence-corrected chi connectivity index (χ4v) is 2.62. The molecule has 0 aliphatic heterocycles. The Kier molecular flexibility index (Phi) is 6.55. The third-order valence-electron chi connectivity index (χ3n) is 4.16. The first-order valence-electron chi connectivity index (χ1n) is 8.83. The molecule has 0 bridgehead atoms. The van der Waals surface area contributed by atoms with Gasteiger partial charge in [0, 0.05) is 16.7 Å². The maximum absolute atomic E-state index is 12.6. The number of hydrogen-bond acceptors (Lipinski definition) is 6. The lowest BCUT2D eigenvalue weighted by Gasteiger charge is -2.18. The molecule has 0 saturated carbocycles. The van der Waals surface area contributed by atoms with Crippen LogP contribution in [0.4, 0.5) is 5.69 Å². The summed E-state index contributed by atoms with van der Waals surface area (Å²) < 4.78 is 0. The first-order valence-corrected chi connectivity index (χ1v) is 8.83. The van der Waals surface area contributed by atoms with E-state index < -0.39 is 11.5 Å². The molecule has 1 amide bonds. The molecule has 0 saturated heterocycles. The number of carbonyl (C=O) groups excluding carboxylic acids is 1. The average Bonchev–Trinajstić information content (AvgIpc) is 3.10. The van der Waals surface area contributed by atoms with Gasteiger partial charge in [-0.2, -0.15) is 5.10 Å². The molecular weight excluding hydrogens is 394 g/mol. The normalized spacial score (nSPS) is 11.1. The van der Waals surface area contributed by atoms with Crippen LogP contribution in [0, 0.1) is 6.92 Å². The molecule has 0 aliphatic carbocycles. The van der Waals surface area contributed by atoms with Crippen molar-refractivity contribution in [2.75, 3.05) is 5.32 Å². The zero-order valence-corrected chi connectivity index (χ0v) is 17.5. The highest BCUT2D eigenvalue weighted by atomic mass is 35.5. The Bertz CT molecular complexity index is 1070. The van der Waals surface area contributed by atoms with E-state index >= 15 is 0 Å². The van der Waals surface area contributed by atoms with Gasteiger partial charge < -0.3 is 16.0 Å². The summed E-state index contributed by atoms with van der Waals surface area (Å²) in [5.74, 6) is 1.14. The van der Waals surface area contributed by atoms with Gasteiger partial charge >= 0.3 is 0 Å². The average molecular weight is 418 g/mol.